The maximum Gasteiger partial charge on any atom is 0.219 e. The minimum atomic E-state index is -4.01. The Morgan fingerprint density at radius 1 is 1.00 bits per heavy atom. The number of aryl methyl sites for hydroxylation is 3. The average molecular weight is 483 g/mol. The Kier molecular flexibility index (Phi) is 7.68. The summed E-state index contributed by atoms with van der Waals surface area (Å²) in [5.74, 6) is 0.447. The van der Waals surface area contributed by atoms with E-state index in [0.29, 0.717) is 10.8 Å². The minimum Gasteiger partial charge on any atom is -0.348 e. The van der Waals surface area contributed by atoms with Gasteiger partial charge in [0.2, 0.25) is 9.84 Å². The molecule has 0 atom stereocenters. The second-order valence-corrected chi connectivity index (χ2v) is 10.7. The molecule has 0 aliphatic rings. The van der Waals surface area contributed by atoms with Crippen molar-refractivity contribution in [1.29, 1.82) is 5.26 Å². The predicted octanol–water partition coefficient (Wildman–Crippen LogP) is 6.78. The van der Waals surface area contributed by atoms with Crippen LogP contribution in [0.5, 0.6) is 0 Å². The average Bonchev–Trinajstić information content (AvgIpc) is 2.75. The van der Waals surface area contributed by atoms with Crippen LogP contribution in [0.25, 0.3) is 0 Å². The van der Waals surface area contributed by atoms with Gasteiger partial charge in [0.05, 0.1) is 4.90 Å². The number of thioether (sulfide) groups is 1. The molecule has 0 heterocycles. The fourth-order valence-corrected chi connectivity index (χ4v) is 6.11. The molecule has 0 unspecified atom stereocenters. The lowest BCUT2D eigenvalue weighted by Crippen LogP contribution is -2.11. The summed E-state index contributed by atoms with van der Waals surface area (Å²) in [4.78, 5) is -0.230. The van der Waals surface area contributed by atoms with E-state index in [1.807, 2.05) is 57.2 Å². The van der Waals surface area contributed by atoms with Crippen molar-refractivity contribution in [2.45, 2.75) is 31.4 Å². The maximum absolute atomic E-state index is 13.3. The largest absolute Gasteiger partial charge is 0.348 e. The number of allylic oxidation sites excluding steroid dienone is 1. The van der Waals surface area contributed by atoms with Crippen LogP contribution in [0.15, 0.2) is 81.6 Å². The second-order valence-electron chi connectivity index (χ2n) is 7.40. The molecule has 0 aliphatic heterocycles. The molecule has 0 bridgehead atoms. The Labute approximate surface area is 198 Å². The lowest BCUT2D eigenvalue weighted by Gasteiger charge is -2.18. The van der Waals surface area contributed by atoms with Gasteiger partial charge in [0.15, 0.2) is 4.91 Å². The molecule has 0 radical (unpaired) electrons. The van der Waals surface area contributed by atoms with Crippen LogP contribution in [-0.4, -0.2) is 8.42 Å². The molecule has 32 heavy (non-hydrogen) atoms. The fourth-order valence-electron chi connectivity index (χ4n) is 3.38. The minimum absolute atomic E-state index is 0.0801. The number of hydrogen-bond donors (Lipinski definition) is 1. The molecule has 0 aliphatic carbocycles. The van der Waals surface area contributed by atoms with Gasteiger partial charge in [-0.15, -0.1) is 11.8 Å². The molecule has 4 nitrogen and oxygen atoms in total. The molecule has 0 aromatic heterocycles. The Bertz CT molecular complexity index is 1290. The molecular formula is C25H23ClN2O2S2. The van der Waals surface area contributed by atoms with Crippen LogP contribution in [0.3, 0.4) is 0 Å². The summed E-state index contributed by atoms with van der Waals surface area (Å²) < 4.78 is 26.7. The number of hydrogen-bond acceptors (Lipinski definition) is 5. The lowest BCUT2D eigenvalue weighted by atomic mass is 10.1. The van der Waals surface area contributed by atoms with Crippen molar-refractivity contribution < 1.29 is 8.42 Å². The third-order valence-corrected chi connectivity index (χ3v) is 7.98. The molecule has 164 valence electrons. The van der Waals surface area contributed by atoms with E-state index in [1.54, 1.807) is 24.3 Å². The van der Waals surface area contributed by atoms with Gasteiger partial charge in [-0.1, -0.05) is 59.6 Å². The van der Waals surface area contributed by atoms with E-state index in [0.717, 1.165) is 27.9 Å². The summed E-state index contributed by atoms with van der Waals surface area (Å²) in [7, 11) is -4.01. The smallest absolute Gasteiger partial charge is 0.219 e. The summed E-state index contributed by atoms with van der Waals surface area (Å²) in [5.41, 5.74) is 4.77. The van der Waals surface area contributed by atoms with E-state index in [4.69, 9.17) is 11.6 Å². The molecule has 1 N–H and O–H groups in total. The van der Waals surface area contributed by atoms with Crippen LogP contribution in [0.2, 0.25) is 5.02 Å². The molecule has 7 heteroatoms. The highest BCUT2D eigenvalue weighted by Gasteiger charge is 2.26. The molecule has 0 amide bonds. The topological polar surface area (TPSA) is 70.0 Å². The lowest BCUT2D eigenvalue weighted by molar-refractivity contribution is 0.603. The first-order valence-corrected chi connectivity index (χ1v) is 12.7. The van der Waals surface area contributed by atoms with E-state index < -0.39 is 9.84 Å². The zero-order valence-electron chi connectivity index (χ0n) is 18.0. The van der Waals surface area contributed by atoms with E-state index >= 15 is 0 Å². The monoisotopic (exact) mass is 482 g/mol. The number of benzene rings is 3. The Hall–Kier alpha value is -2.72. The van der Waals surface area contributed by atoms with Crippen molar-refractivity contribution >= 4 is 38.9 Å². The third-order valence-electron chi connectivity index (χ3n) is 4.82. The highest BCUT2D eigenvalue weighted by atomic mass is 35.5. The number of halogens is 1. The molecule has 0 spiro atoms. The predicted molar refractivity (Wildman–Crippen MR) is 133 cm³/mol. The third kappa shape index (κ3) is 5.55. The van der Waals surface area contributed by atoms with Gasteiger partial charge in [-0.3, -0.25) is 0 Å². The molecule has 3 aromatic rings. The van der Waals surface area contributed by atoms with E-state index in [-0.39, 0.29) is 14.8 Å². The Balaban J connectivity index is 2.11. The molecule has 3 rings (SSSR count). The number of nitrogens with zero attached hydrogens (tertiary/aromatic N) is 1. The summed E-state index contributed by atoms with van der Waals surface area (Å²) >= 11 is 7.37. The maximum atomic E-state index is 13.3. The van der Waals surface area contributed by atoms with Gasteiger partial charge in [0.1, 0.15) is 11.1 Å². The normalized spacial score (nSPS) is 12.1. The zero-order valence-corrected chi connectivity index (χ0v) is 20.4. The molecule has 0 saturated heterocycles. The van der Waals surface area contributed by atoms with Crippen molar-refractivity contribution in [1.82, 2.24) is 0 Å². The number of anilines is 1. The first-order valence-electron chi connectivity index (χ1n) is 9.89. The first-order chi connectivity index (χ1) is 15.2. The fraction of sp³-hybridized carbons (Fsp3) is 0.160. The Morgan fingerprint density at radius 2 is 1.66 bits per heavy atom. The summed E-state index contributed by atoms with van der Waals surface area (Å²) in [6, 6.07) is 21.4. The number of sulfone groups is 1. The highest BCUT2D eigenvalue weighted by Crippen LogP contribution is 2.34. The summed E-state index contributed by atoms with van der Waals surface area (Å²) in [6.45, 7) is 5.92. The van der Waals surface area contributed by atoms with Gasteiger partial charge in [-0.2, -0.15) is 5.26 Å². The standard InChI is InChI=1S/C25H23ClN2O2S2/c1-17-12-18(2)24(19(3)13-17)28-25(31-16-20-8-7-9-21(26)14-20)23(15-27)32(29,30)22-10-5-4-6-11-22/h4-14,28H,16H2,1-3H3. The van der Waals surface area contributed by atoms with Crippen LogP contribution in [0.1, 0.15) is 22.3 Å². The van der Waals surface area contributed by atoms with Crippen molar-refractivity contribution in [2.75, 3.05) is 5.32 Å². The summed E-state index contributed by atoms with van der Waals surface area (Å²) in [5, 5.41) is 14.1. The second kappa shape index (κ2) is 10.3. The summed E-state index contributed by atoms with van der Waals surface area (Å²) in [6.07, 6.45) is 0. The highest BCUT2D eigenvalue weighted by molar-refractivity contribution is 8.04. The van der Waals surface area contributed by atoms with Gasteiger partial charge in [0.25, 0.3) is 0 Å². The molecule has 0 fully saturated rings. The Morgan fingerprint density at radius 3 is 2.25 bits per heavy atom. The van der Waals surface area contributed by atoms with Crippen molar-refractivity contribution in [3.63, 3.8) is 0 Å². The first kappa shape index (κ1) is 23.9. The van der Waals surface area contributed by atoms with Gasteiger partial charge in [0, 0.05) is 16.5 Å². The molecule has 0 saturated carbocycles. The number of rotatable bonds is 7. The number of nitriles is 1. The van der Waals surface area contributed by atoms with E-state index in [2.05, 4.69) is 5.32 Å². The van der Waals surface area contributed by atoms with Gasteiger partial charge in [-0.25, -0.2) is 8.42 Å². The zero-order chi connectivity index (χ0) is 23.3. The number of nitrogens with one attached hydrogen (secondary N) is 1. The van der Waals surface area contributed by atoms with E-state index in [9.17, 15) is 13.7 Å². The molecule has 3 aromatic carbocycles. The van der Waals surface area contributed by atoms with Gasteiger partial charge < -0.3 is 5.32 Å². The van der Waals surface area contributed by atoms with Crippen molar-refractivity contribution in [3.05, 3.63) is 104 Å². The quantitative estimate of drug-likeness (QED) is 0.376. The van der Waals surface area contributed by atoms with Gasteiger partial charge in [-0.05, 0) is 61.7 Å². The van der Waals surface area contributed by atoms with Crippen molar-refractivity contribution in [3.8, 4) is 6.07 Å². The van der Waals surface area contributed by atoms with Crippen LogP contribution in [0.4, 0.5) is 5.69 Å². The SMILES string of the molecule is Cc1cc(C)c(NC(SCc2cccc(Cl)c2)=C(C#N)S(=O)(=O)c2ccccc2)c(C)c1. The van der Waals surface area contributed by atoms with Crippen molar-refractivity contribution in [2.24, 2.45) is 0 Å². The van der Waals surface area contributed by atoms with Crippen LogP contribution in [0, 0.1) is 32.1 Å². The van der Waals surface area contributed by atoms with Crippen LogP contribution < -0.4 is 5.32 Å². The molecular weight excluding hydrogens is 460 g/mol. The van der Waals surface area contributed by atoms with E-state index in [1.165, 1.54) is 23.9 Å². The van der Waals surface area contributed by atoms with Crippen LogP contribution in [-0.2, 0) is 15.6 Å². The van der Waals surface area contributed by atoms with Gasteiger partial charge >= 0.3 is 0 Å². The van der Waals surface area contributed by atoms with Crippen LogP contribution >= 0.6 is 23.4 Å².